The number of benzene rings is 2. The molecule has 0 saturated carbocycles. The lowest BCUT2D eigenvalue weighted by Gasteiger charge is -2.12. The largest absolute Gasteiger partial charge is 0.491 e. The van der Waals surface area contributed by atoms with E-state index in [1.54, 1.807) is 6.07 Å². The van der Waals surface area contributed by atoms with Crippen LogP contribution in [-0.4, -0.2) is 26.7 Å². The molecule has 0 unspecified atom stereocenters. The standard InChI is InChI=1S/C19H24N2O4S2/c1-13(2)25-16-7-5-15(6-8-16)12-20-27(23,24)17-9-10-19(26-4)18(11-17)21-14(3)22/h5-11,13,20H,12H2,1-4H3,(H,21,22). The molecule has 8 heteroatoms. The van der Waals surface area contributed by atoms with E-state index in [1.165, 1.54) is 30.8 Å². The molecular formula is C19H24N2O4S2. The van der Waals surface area contributed by atoms with Crippen LogP contribution in [0.15, 0.2) is 52.3 Å². The van der Waals surface area contributed by atoms with Gasteiger partial charge >= 0.3 is 0 Å². The number of hydrogen-bond acceptors (Lipinski definition) is 5. The molecule has 0 aromatic heterocycles. The van der Waals surface area contributed by atoms with Crippen molar-refractivity contribution in [3.63, 3.8) is 0 Å². The second kappa shape index (κ2) is 9.25. The van der Waals surface area contributed by atoms with Crippen LogP contribution >= 0.6 is 11.8 Å². The zero-order chi connectivity index (χ0) is 20.0. The lowest BCUT2D eigenvalue weighted by atomic mass is 10.2. The third-order valence-corrected chi connectivity index (χ3v) is 5.75. The summed E-state index contributed by atoms with van der Waals surface area (Å²) in [6, 6.07) is 11.9. The van der Waals surface area contributed by atoms with Gasteiger partial charge in [0.2, 0.25) is 15.9 Å². The molecule has 0 aliphatic rings. The van der Waals surface area contributed by atoms with Gasteiger partial charge in [-0.25, -0.2) is 13.1 Å². The highest BCUT2D eigenvalue weighted by atomic mass is 32.2. The zero-order valence-corrected chi connectivity index (χ0v) is 17.4. The minimum absolute atomic E-state index is 0.0800. The number of sulfonamides is 1. The van der Waals surface area contributed by atoms with Crippen molar-refractivity contribution in [3.8, 4) is 5.75 Å². The molecule has 0 bridgehead atoms. The van der Waals surface area contributed by atoms with E-state index in [2.05, 4.69) is 10.0 Å². The summed E-state index contributed by atoms with van der Waals surface area (Å²) in [4.78, 5) is 12.2. The summed E-state index contributed by atoms with van der Waals surface area (Å²) in [5, 5.41) is 2.67. The normalized spacial score (nSPS) is 11.4. The van der Waals surface area contributed by atoms with E-state index in [0.29, 0.717) is 5.69 Å². The topological polar surface area (TPSA) is 84.5 Å². The monoisotopic (exact) mass is 408 g/mol. The van der Waals surface area contributed by atoms with Crippen molar-refractivity contribution in [2.45, 2.75) is 43.2 Å². The smallest absolute Gasteiger partial charge is 0.240 e. The predicted molar refractivity (Wildman–Crippen MR) is 109 cm³/mol. The Bertz CT molecular complexity index is 894. The van der Waals surface area contributed by atoms with Crippen LogP contribution in [0.4, 0.5) is 5.69 Å². The molecule has 0 atom stereocenters. The second-order valence-corrected chi connectivity index (χ2v) is 8.79. The first-order valence-electron chi connectivity index (χ1n) is 8.42. The molecule has 0 saturated heterocycles. The van der Waals surface area contributed by atoms with E-state index in [0.717, 1.165) is 16.2 Å². The van der Waals surface area contributed by atoms with Gasteiger partial charge in [0.15, 0.2) is 0 Å². The van der Waals surface area contributed by atoms with Gasteiger partial charge < -0.3 is 10.1 Å². The number of hydrogen-bond donors (Lipinski definition) is 2. The summed E-state index contributed by atoms with van der Waals surface area (Å²) >= 11 is 1.43. The van der Waals surface area contributed by atoms with Crippen LogP contribution < -0.4 is 14.8 Å². The highest BCUT2D eigenvalue weighted by Gasteiger charge is 2.16. The number of carbonyl (C=O) groups excluding carboxylic acids is 1. The summed E-state index contributed by atoms with van der Waals surface area (Å²) in [6.07, 6.45) is 1.94. The van der Waals surface area contributed by atoms with Crippen molar-refractivity contribution in [2.75, 3.05) is 11.6 Å². The van der Waals surface area contributed by atoms with E-state index < -0.39 is 10.0 Å². The van der Waals surface area contributed by atoms with Gasteiger partial charge in [-0.2, -0.15) is 0 Å². The molecule has 2 N–H and O–H groups in total. The molecule has 2 aromatic rings. The highest BCUT2D eigenvalue weighted by molar-refractivity contribution is 7.98. The second-order valence-electron chi connectivity index (χ2n) is 6.18. The molecule has 27 heavy (non-hydrogen) atoms. The molecule has 146 valence electrons. The average molecular weight is 409 g/mol. The molecule has 0 radical (unpaired) electrons. The summed E-state index contributed by atoms with van der Waals surface area (Å²) in [5.74, 6) is 0.487. The van der Waals surface area contributed by atoms with Gasteiger partial charge in [0.05, 0.1) is 16.7 Å². The Labute approximate surface area is 164 Å². The number of anilines is 1. The first-order chi connectivity index (χ1) is 12.7. The van der Waals surface area contributed by atoms with Crippen molar-refractivity contribution in [3.05, 3.63) is 48.0 Å². The van der Waals surface area contributed by atoms with E-state index in [-0.39, 0.29) is 23.5 Å². The highest BCUT2D eigenvalue weighted by Crippen LogP contribution is 2.28. The molecule has 0 spiro atoms. The molecule has 0 heterocycles. The Morgan fingerprint density at radius 1 is 1.15 bits per heavy atom. The number of rotatable bonds is 8. The first-order valence-corrected chi connectivity index (χ1v) is 11.1. The van der Waals surface area contributed by atoms with Gasteiger partial charge in [-0.05, 0) is 56.0 Å². The Hall–Kier alpha value is -2.03. The Morgan fingerprint density at radius 2 is 1.81 bits per heavy atom. The molecule has 1 amide bonds. The van der Waals surface area contributed by atoms with Crippen molar-refractivity contribution in [2.24, 2.45) is 0 Å². The first kappa shape index (κ1) is 21.3. The lowest BCUT2D eigenvalue weighted by Crippen LogP contribution is -2.23. The minimum Gasteiger partial charge on any atom is -0.491 e. The molecular weight excluding hydrogens is 384 g/mol. The Morgan fingerprint density at radius 3 is 2.37 bits per heavy atom. The molecule has 0 aliphatic carbocycles. The third kappa shape index (κ3) is 6.27. The fraction of sp³-hybridized carbons (Fsp3) is 0.316. The predicted octanol–water partition coefficient (Wildman–Crippen LogP) is 3.63. The van der Waals surface area contributed by atoms with Gasteiger partial charge in [0.25, 0.3) is 0 Å². The number of nitrogens with one attached hydrogen (secondary N) is 2. The summed E-state index contributed by atoms with van der Waals surface area (Å²) in [6.45, 7) is 5.43. The van der Waals surface area contributed by atoms with Gasteiger partial charge in [0, 0.05) is 18.4 Å². The molecule has 0 aliphatic heterocycles. The van der Waals surface area contributed by atoms with Crippen LogP contribution in [0.2, 0.25) is 0 Å². The SMILES string of the molecule is CSc1ccc(S(=O)(=O)NCc2ccc(OC(C)C)cc2)cc1NC(C)=O. The maximum absolute atomic E-state index is 12.6. The van der Waals surface area contributed by atoms with Crippen molar-refractivity contribution in [1.82, 2.24) is 4.72 Å². The molecule has 0 fully saturated rings. The van der Waals surface area contributed by atoms with Gasteiger partial charge in [-0.1, -0.05) is 12.1 Å². The van der Waals surface area contributed by atoms with Crippen LogP contribution in [0.3, 0.4) is 0 Å². The van der Waals surface area contributed by atoms with Crippen LogP contribution in [-0.2, 0) is 21.4 Å². The summed E-state index contributed by atoms with van der Waals surface area (Å²) in [5.41, 5.74) is 1.30. The minimum atomic E-state index is -3.71. The molecule has 2 rings (SSSR count). The van der Waals surface area contributed by atoms with Gasteiger partial charge in [-0.3, -0.25) is 4.79 Å². The number of amides is 1. The summed E-state index contributed by atoms with van der Waals surface area (Å²) < 4.78 is 33.4. The van der Waals surface area contributed by atoms with E-state index in [1.807, 2.05) is 44.4 Å². The number of thioether (sulfide) groups is 1. The van der Waals surface area contributed by atoms with Gasteiger partial charge in [0.1, 0.15) is 5.75 Å². The third-order valence-electron chi connectivity index (χ3n) is 3.55. The number of ether oxygens (including phenoxy) is 1. The maximum atomic E-state index is 12.6. The zero-order valence-electron chi connectivity index (χ0n) is 15.8. The Balaban J connectivity index is 2.13. The van der Waals surface area contributed by atoms with E-state index in [9.17, 15) is 13.2 Å². The fourth-order valence-electron chi connectivity index (χ4n) is 2.36. The van der Waals surface area contributed by atoms with Gasteiger partial charge in [-0.15, -0.1) is 11.8 Å². The Kier molecular flexibility index (Phi) is 7.29. The quantitative estimate of drug-likeness (QED) is 0.652. The van der Waals surface area contributed by atoms with Crippen LogP contribution in [0, 0.1) is 0 Å². The van der Waals surface area contributed by atoms with Crippen molar-refractivity contribution in [1.29, 1.82) is 0 Å². The number of carbonyl (C=O) groups is 1. The summed E-state index contributed by atoms with van der Waals surface area (Å²) in [7, 11) is -3.71. The fourth-order valence-corrected chi connectivity index (χ4v) is 3.94. The lowest BCUT2D eigenvalue weighted by molar-refractivity contribution is -0.114. The van der Waals surface area contributed by atoms with Crippen molar-refractivity contribution < 1.29 is 17.9 Å². The van der Waals surface area contributed by atoms with Crippen LogP contribution in [0.1, 0.15) is 26.3 Å². The van der Waals surface area contributed by atoms with E-state index >= 15 is 0 Å². The van der Waals surface area contributed by atoms with Crippen LogP contribution in [0.5, 0.6) is 5.75 Å². The maximum Gasteiger partial charge on any atom is 0.240 e. The molecule has 2 aromatic carbocycles. The van der Waals surface area contributed by atoms with Crippen molar-refractivity contribution >= 4 is 33.4 Å². The van der Waals surface area contributed by atoms with Crippen LogP contribution in [0.25, 0.3) is 0 Å². The average Bonchev–Trinajstić information content (AvgIpc) is 2.60. The molecule has 6 nitrogen and oxygen atoms in total. The van der Waals surface area contributed by atoms with E-state index in [4.69, 9.17) is 4.74 Å².